The standard InChI is InChI=1S/C23H20Cl2N4OS2/c1-29-21(13-31-12-17-6-8-18(24)11-20(17)25)27-28-23(29)32-14-22(30)26-19-9-7-15-4-2-3-5-16(15)10-19/h2-11H,12-14H2,1H3,(H,26,30). The predicted molar refractivity (Wildman–Crippen MR) is 136 cm³/mol. The summed E-state index contributed by atoms with van der Waals surface area (Å²) in [7, 11) is 1.91. The molecule has 5 nitrogen and oxygen atoms in total. The van der Waals surface area contributed by atoms with Crippen molar-refractivity contribution in [2.24, 2.45) is 7.05 Å². The van der Waals surface area contributed by atoms with Gasteiger partial charge in [0.15, 0.2) is 5.16 Å². The average molecular weight is 503 g/mol. The monoisotopic (exact) mass is 502 g/mol. The van der Waals surface area contributed by atoms with Crippen LogP contribution < -0.4 is 5.32 Å². The summed E-state index contributed by atoms with van der Waals surface area (Å²) in [5.41, 5.74) is 1.81. The molecule has 0 radical (unpaired) electrons. The fourth-order valence-corrected chi connectivity index (χ4v) is 5.37. The van der Waals surface area contributed by atoms with E-state index < -0.39 is 0 Å². The Morgan fingerprint density at radius 3 is 2.62 bits per heavy atom. The highest BCUT2D eigenvalue weighted by Crippen LogP contribution is 2.27. The van der Waals surface area contributed by atoms with E-state index in [-0.39, 0.29) is 11.7 Å². The average Bonchev–Trinajstić information content (AvgIpc) is 3.13. The number of nitrogens with zero attached hydrogens (tertiary/aromatic N) is 3. The minimum absolute atomic E-state index is 0.0819. The Hall–Kier alpha value is -2.19. The smallest absolute Gasteiger partial charge is 0.234 e. The Morgan fingerprint density at radius 2 is 1.81 bits per heavy atom. The normalized spacial score (nSPS) is 11.1. The highest BCUT2D eigenvalue weighted by molar-refractivity contribution is 7.99. The number of carbonyl (C=O) groups is 1. The predicted octanol–water partition coefficient (Wildman–Crippen LogP) is 6.44. The van der Waals surface area contributed by atoms with E-state index in [1.54, 1.807) is 17.8 Å². The molecule has 1 heterocycles. The first-order valence-electron chi connectivity index (χ1n) is 9.81. The summed E-state index contributed by atoms with van der Waals surface area (Å²) >= 11 is 15.2. The van der Waals surface area contributed by atoms with Crippen LogP contribution in [0.1, 0.15) is 11.4 Å². The molecule has 9 heteroatoms. The number of fused-ring (bicyclic) bond motifs is 1. The van der Waals surface area contributed by atoms with Crippen LogP contribution in [0.25, 0.3) is 10.8 Å². The summed E-state index contributed by atoms with van der Waals surface area (Å²) in [6.45, 7) is 0. The summed E-state index contributed by atoms with van der Waals surface area (Å²) in [6, 6.07) is 19.5. The molecule has 1 aromatic heterocycles. The molecule has 0 aliphatic heterocycles. The third-order valence-corrected chi connectivity index (χ3v) is 7.38. The Balaban J connectivity index is 1.28. The lowest BCUT2D eigenvalue weighted by molar-refractivity contribution is -0.113. The maximum Gasteiger partial charge on any atom is 0.234 e. The van der Waals surface area contributed by atoms with E-state index in [9.17, 15) is 4.79 Å². The maximum atomic E-state index is 12.4. The zero-order chi connectivity index (χ0) is 22.5. The van der Waals surface area contributed by atoms with Gasteiger partial charge in [-0.25, -0.2) is 0 Å². The van der Waals surface area contributed by atoms with Crippen molar-refractivity contribution in [1.82, 2.24) is 14.8 Å². The van der Waals surface area contributed by atoms with Gasteiger partial charge in [-0.1, -0.05) is 71.4 Å². The molecule has 0 atom stereocenters. The molecule has 0 saturated carbocycles. The van der Waals surface area contributed by atoms with Crippen LogP contribution >= 0.6 is 46.7 Å². The van der Waals surface area contributed by atoms with Crippen molar-refractivity contribution in [2.75, 3.05) is 11.1 Å². The van der Waals surface area contributed by atoms with Gasteiger partial charge in [0.25, 0.3) is 0 Å². The van der Waals surface area contributed by atoms with E-state index in [1.165, 1.54) is 11.8 Å². The second kappa shape index (κ2) is 10.6. The van der Waals surface area contributed by atoms with E-state index in [0.29, 0.717) is 21.0 Å². The summed E-state index contributed by atoms with van der Waals surface area (Å²) < 4.78 is 1.92. The quantitative estimate of drug-likeness (QED) is 0.281. The van der Waals surface area contributed by atoms with Crippen molar-refractivity contribution in [3.8, 4) is 0 Å². The van der Waals surface area contributed by atoms with Gasteiger partial charge in [0, 0.05) is 28.5 Å². The van der Waals surface area contributed by atoms with E-state index in [0.717, 1.165) is 33.6 Å². The van der Waals surface area contributed by atoms with E-state index in [1.807, 2.05) is 66.2 Å². The van der Waals surface area contributed by atoms with Gasteiger partial charge < -0.3 is 9.88 Å². The molecule has 4 aromatic rings. The van der Waals surface area contributed by atoms with Crippen LogP contribution in [0.2, 0.25) is 10.0 Å². The molecule has 0 spiro atoms. The Labute approximate surface area is 204 Å². The number of halogens is 2. The number of carbonyl (C=O) groups excluding carboxylic acids is 1. The minimum atomic E-state index is -0.0819. The van der Waals surface area contributed by atoms with Crippen LogP contribution in [-0.4, -0.2) is 26.4 Å². The van der Waals surface area contributed by atoms with Gasteiger partial charge in [0.05, 0.1) is 11.5 Å². The molecule has 0 saturated heterocycles. The number of nitrogens with one attached hydrogen (secondary N) is 1. The lowest BCUT2D eigenvalue weighted by atomic mass is 10.1. The van der Waals surface area contributed by atoms with Gasteiger partial charge in [-0.15, -0.1) is 22.0 Å². The lowest BCUT2D eigenvalue weighted by Crippen LogP contribution is -2.14. The van der Waals surface area contributed by atoms with Crippen LogP contribution in [-0.2, 0) is 23.3 Å². The number of amides is 1. The van der Waals surface area contributed by atoms with Crippen molar-refractivity contribution < 1.29 is 4.79 Å². The fraction of sp³-hybridized carbons (Fsp3) is 0.174. The number of benzene rings is 3. The second-order valence-corrected chi connectivity index (χ2v) is 9.86. The molecule has 164 valence electrons. The van der Waals surface area contributed by atoms with Crippen LogP contribution in [0.5, 0.6) is 0 Å². The summed E-state index contributed by atoms with van der Waals surface area (Å²) in [5, 5.41) is 15.7. The third-order valence-electron chi connectivity index (χ3n) is 4.79. The lowest BCUT2D eigenvalue weighted by Gasteiger charge is -2.07. The molecule has 32 heavy (non-hydrogen) atoms. The van der Waals surface area contributed by atoms with Gasteiger partial charge in [-0.3, -0.25) is 4.79 Å². The van der Waals surface area contributed by atoms with Gasteiger partial charge in [0.2, 0.25) is 5.91 Å². The maximum absolute atomic E-state index is 12.4. The van der Waals surface area contributed by atoms with E-state index >= 15 is 0 Å². The first kappa shape index (κ1) is 23.0. The molecule has 1 N–H and O–H groups in total. The Kier molecular flexibility index (Phi) is 7.63. The first-order valence-corrected chi connectivity index (χ1v) is 12.7. The molecule has 0 aliphatic carbocycles. The number of aromatic nitrogens is 3. The topological polar surface area (TPSA) is 59.8 Å². The van der Waals surface area contributed by atoms with Crippen LogP contribution in [0, 0.1) is 0 Å². The molecule has 0 bridgehead atoms. The van der Waals surface area contributed by atoms with Gasteiger partial charge in [-0.2, -0.15) is 0 Å². The highest BCUT2D eigenvalue weighted by atomic mass is 35.5. The highest BCUT2D eigenvalue weighted by Gasteiger charge is 2.12. The number of hydrogen-bond donors (Lipinski definition) is 1. The van der Waals surface area contributed by atoms with Gasteiger partial charge in [-0.05, 0) is 40.6 Å². The SMILES string of the molecule is Cn1c(CSCc2ccc(Cl)cc2Cl)nnc1SCC(=O)Nc1ccc2ccccc2c1. The molecule has 3 aromatic carbocycles. The van der Waals surface area contributed by atoms with Crippen molar-refractivity contribution in [1.29, 1.82) is 0 Å². The zero-order valence-corrected chi connectivity index (χ0v) is 20.4. The van der Waals surface area contributed by atoms with Crippen LogP contribution in [0.4, 0.5) is 5.69 Å². The number of anilines is 1. The summed E-state index contributed by atoms with van der Waals surface area (Å²) in [6.07, 6.45) is 0. The fourth-order valence-electron chi connectivity index (χ4n) is 3.08. The van der Waals surface area contributed by atoms with Crippen molar-refractivity contribution >= 4 is 69.1 Å². The van der Waals surface area contributed by atoms with E-state index in [2.05, 4.69) is 15.5 Å². The summed E-state index contributed by atoms with van der Waals surface area (Å²) in [4.78, 5) is 12.4. The number of thioether (sulfide) groups is 2. The molecule has 0 unspecified atom stereocenters. The molecule has 0 fully saturated rings. The second-order valence-electron chi connectivity index (χ2n) is 7.09. The zero-order valence-electron chi connectivity index (χ0n) is 17.2. The molecule has 4 rings (SSSR count). The van der Waals surface area contributed by atoms with Crippen molar-refractivity contribution in [3.05, 3.63) is 82.1 Å². The van der Waals surface area contributed by atoms with Gasteiger partial charge in [0.1, 0.15) is 5.82 Å². The third kappa shape index (κ3) is 5.78. The Bertz CT molecular complexity index is 1260. The van der Waals surface area contributed by atoms with Gasteiger partial charge >= 0.3 is 0 Å². The number of hydrogen-bond acceptors (Lipinski definition) is 5. The molecule has 1 amide bonds. The Morgan fingerprint density at radius 1 is 1.00 bits per heavy atom. The first-order chi connectivity index (χ1) is 15.5. The molecule has 0 aliphatic rings. The largest absolute Gasteiger partial charge is 0.325 e. The summed E-state index contributed by atoms with van der Waals surface area (Å²) in [5.74, 6) is 2.46. The molecular weight excluding hydrogens is 483 g/mol. The van der Waals surface area contributed by atoms with Crippen LogP contribution in [0.15, 0.2) is 65.8 Å². The van der Waals surface area contributed by atoms with Crippen molar-refractivity contribution in [3.63, 3.8) is 0 Å². The van der Waals surface area contributed by atoms with E-state index in [4.69, 9.17) is 23.2 Å². The number of rotatable bonds is 8. The molecular formula is C23H20Cl2N4OS2. The minimum Gasteiger partial charge on any atom is -0.325 e. The van der Waals surface area contributed by atoms with Crippen molar-refractivity contribution in [2.45, 2.75) is 16.7 Å². The van der Waals surface area contributed by atoms with Crippen LogP contribution in [0.3, 0.4) is 0 Å².